The molecule has 1 aromatic rings. The van der Waals surface area contributed by atoms with Crippen LogP contribution >= 0.6 is 0 Å². The van der Waals surface area contributed by atoms with Crippen molar-refractivity contribution in [1.29, 1.82) is 0 Å². The van der Waals surface area contributed by atoms with Crippen LogP contribution in [0.15, 0.2) is 35.3 Å². The van der Waals surface area contributed by atoms with Crippen LogP contribution in [0.4, 0.5) is 0 Å². The Balaban J connectivity index is 2.58. The molecule has 0 saturated heterocycles. The zero-order valence-electron chi connectivity index (χ0n) is 13.0. The quantitative estimate of drug-likeness (QED) is 0.595. The van der Waals surface area contributed by atoms with Gasteiger partial charge in [0.25, 0.3) is 0 Å². The third-order valence-corrected chi connectivity index (χ3v) is 2.87. The molecule has 0 aliphatic heterocycles. The van der Waals surface area contributed by atoms with Gasteiger partial charge < -0.3 is 15.4 Å². The lowest BCUT2D eigenvalue weighted by Gasteiger charge is -2.19. The van der Waals surface area contributed by atoms with Gasteiger partial charge in [0.15, 0.2) is 5.96 Å². The van der Waals surface area contributed by atoms with E-state index in [1.807, 2.05) is 18.2 Å². The Kier molecular flexibility index (Phi) is 7.73. The van der Waals surface area contributed by atoms with Gasteiger partial charge >= 0.3 is 0 Å². The first-order valence-electron chi connectivity index (χ1n) is 7.27. The molecule has 1 atom stereocenters. The van der Waals surface area contributed by atoms with E-state index in [2.05, 4.69) is 48.5 Å². The molecule has 0 bridgehead atoms. The van der Waals surface area contributed by atoms with Gasteiger partial charge in [0.2, 0.25) is 0 Å². The number of hydrogen-bond donors (Lipinski definition) is 2. The Labute approximate surface area is 122 Å². The van der Waals surface area contributed by atoms with Crippen molar-refractivity contribution in [1.82, 2.24) is 10.6 Å². The SMILES string of the molecule is CCNC(=NCC(C)C)NCC(OC)c1ccccc1. The summed E-state index contributed by atoms with van der Waals surface area (Å²) in [6.45, 7) is 8.76. The Morgan fingerprint density at radius 1 is 1.20 bits per heavy atom. The van der Waals surface area contributed by atoms with E-state index in [0.29, 0.717) is 12.5 Å². The summed E-state index contributed by atoms with van der Waals surface area (Å²) in [6.07, 6.45) is 0.0270. The molecule has 0 amide bonds. The van der Waals surface area contributed by atoms with E-state index in [0.717, 1.165) is 19.0 Å². The molecule has 0 fully saturated rings. The van der Waals surface area contributed by atoms with Gasteiger partial charge in [-0.3, -0.25) is 4.99 Å². The van der Waals surface area contributed by atoms with E-state index in [-0.39, 0.29) is 6.10 Å². The molecule has 0 spiro atoms. The maximum Gasteiger partial charge on any atom is 0.191 e. The molecular formula is C16H27N3O. The fourth-order valence-electron chi connectivity index (χ4n) is 1.81. The first kappa shape index (κ1) is 16.5. The molecule has 1 aromatic carbocycles. The maximum atomic E-state index is 5.55. The summed E-state index contributed by atoms with van der Waals surface area (Å²) in [4.78, 5) is 4.55. The van der Waals surface area contributed by atoms with E-state index < -0.39 is 0 Å². The molecule has 0 aromatic heterocycles. The number of rotatable bonds is 7. The van der Waals surface area contributed by atoms with Gasteiger partial charge in [-0.15, -0.1) is 0 Å². The molecule has 2 N–H and O–H groups in total. The van der Waals surface area contributed by atoms with Gasteiger partial charge in [-0.2, -0.15) is 0 Å². The summed E-state index contributed by atoms with van der Waals surface area (Å²) in [5.74, 6) is 1.40. The number of guanidine groups is 1. The van der Waals surface area contributed by atoms with Crippen LogP contribution in [0.5, 0.6) is 0 Å². The molecule has 0 saturated carbocycles. The van der Waals surface area contributed by atoms with E-state index in [9.17, 15) is 0 Å². The zero-order chi connectivity index (χ0) is 14.8. The van der Waals surface area contributed by atoms with Crippen LogP contribution in [0, 0.1) is 5.92 Å². The van der Waals surface area contributed by atoms with Gasteiger partial charge in [0, 0.05) is 26.7 Å². The Morgan fingerprint density at radius 3 is 2.45 bits per heavy atom. The number of aliphatic imine (C=N–C) groups is 1. The molecular weight excluding hydrogens is 250 g/mol. The molecule has 1 rings (SSSR count). The number of benzene rings is 1. The summed E-state index contributed by atoms with van der Waals surface area (Å²) in [5.41, 5.74) is 1.17. The third kappa shape index (κ3) is 6.06. The fraction of sp³-hybridized carbons (Fsp3) is 0.562. The van der Waals surface area contributed by atoms with Gasteiger partial charge in [-0.25, -0.2) is 0 Å². The second kappa shape index (κ2) is 9.37. The van der Waals surface area contributed by atoms with Crippen molar-refractivity contribution in [2.75, 3.05) is 26.7 Å². The van der Waals surface area contributed by atoms with Crippen molar-refractivity contribution in [3.05, 3.63) is 35.9 Å². The summed E-state index contributed by atoms with van der Waals surface area (Å²) < 4.78 is 5.55. The molecule has 0 aliphatic carbocycles. The second-order valence-electron chi connectivity index (χ2n) is 5.13. The Bertz CT molecular complexity index is 390. The van der Waals surface area contributed by atoms with E-state index in [1.165, 1.54) is 5.56 Å². The van der Waals surface area contributed by atoms with E-state index in [1.54, 1.807) is 7.11 Å². The van der Waals surface area contributed by atoms with Gasteiger partial charge in [-0.05, 0) is 18.4 Å². The smallest absolute Gasteiger partial charge is 0.191 e. The molecule has 4 nitrogen and oxygen atoms in total. The monoisotopic (exact) mass is 277 g/mol. The van der Waals surface area contributed by atoms with Gasteiger partial charge in [0.05, 0.1) is 6.10 Å². The topological polar surface area (TPSA) is 45.7 Å². The minimum atomic E-state index is 0.0270. The van der Waals surface area contributed by atoms with Crippen molar-refractivity contribution in [3.8, 4) is 0 Å². The van der Waals surface area contributed by atoms with Gasteiger partial charge in [0.1, 0.15) is 0 Å². The Hall–Kier alpha value is -1.55. The fourth-order valence-corrected chi connectivity index (χ4v) is 1.81. The molecule has 0 heterocycles. The van der Waals surface area contributed by atoms with Crippen molar-refractivity contribution >= 4 is 5.96 Å². The van der Waals surface area contributed by atoms with E-state index in [4.69, 9.17) is 4.74 Å². The van der Waals surface area contributed by atoms with Crippen molar-refractivity contribution in [2.45, 2.75) is 26.9 Å². The first-order chi connectivity index (χ1) is 9.67. The van der Waals surface area contributed by atoms with Crippen LogP contribution in [0.2, 0.25) is 0 Å². The van der Waals surface area contributed by atoms with E-state index >= 15 is 0 Å². The minimum Gasteiger partial charge on any atom is -0.375 e. The predicted octanol–water partition coefficient (Wildman–Crippen LogP) is 2.59. The van der Waals surface area contributed by atoms with Crippen LogP contribution < -0.4 is 10.6 Å². The third-order valence-electron chi connectivity index (χ3n) is 2.87. The summed E-state index contributed by atoms with van der Waals surface area (Å²) in [7, 11) is 1.73. The van der Waals surface area contributed by atoms with Crippen LogP contribution in [0.1, 0.15) is 32.4 Å². The number of hydrogen-bond acceptors (Lipinski definition) is 2. The standard InChI is InChI=1S/C16H27N3O/c1-5-17-16(18-11-13(2)3)19-12-15(20-4)14-9-7-6-8-10-14/h6-10,13,15H,5,11-12H2,1-4H3,(H2,17,18,19). The van der Waals surface area contributed by atoms with Crippen LogP contribution in [-0.2, 0) is 4.74 Å². The van der Waals surface area contributed by atoms with Crippen molar-refractivity contribution in [3.63, 3.8) is 0 Å². The number of methoxy groups -OCH3 is 1. The second-order valence-corrected chi connectivity index (χ2v) is 5.13. The van der Waals surface area contributed by atoms with Crippen LogP contribution in [-0.4, -0.2) is 32.7 Å². The average molecular weight is 277 g/mol. The number of nitrogens with one attached hydrogen (secondary N) is 2. The highest BCUT2D eigenvalue weighted by atomic mass is 16.5. The lowest BCUT2D eigenvalue weighted by atomic mass is 10.1. The molecule has 112 valence electrons. The van der Waals surface area contributed by atoms with Crippen LogP contribution in [0.3, 0.4) is 0 Å². The van der Waals surface area contributed by atoms with Crippen molar-refractivity contribution in [2.24, 2.45) is 10.9 Å². The number of nitrogens with zero attached hydrogens (tertiary/aromatic N) is 1. The molecule has 20 heavy (non-hydrogen) atoms. The first-order valence-corrected chi connectivity index (χ1v) is 7.27. The summed E-state index contributed by atoms with van der Waals surface area (Å²) >= 11 is 0. The Morgan fingerprint density at radius 2 is 1.90 bits per heavy atom. The highest BCUT2D eigenvalue weighted by Crippen LogP contribution is 2.14. The maximum absolute atomic E-state index is 5.55. The molecule has 1 unspecified atom stereocenters. The zero-order valence-corrected chi connectivity index (χ0v) is 13.0. The minimum absolute atomic E-state index is 0.0270. The summed E-state index contributed by atoms with van der Waals surface area (Å²) in [6, 6.07) is 10.2. The van der Waals surface area contributed by atoms with Crippen LogP contribution in [0.25, 0.3) is 0 Å². The normalized spacial score (nSPS) is 13.3. The molecule has 4 heteroatoms. The largest absolute Gasteiger partial charge is 0.375 e. The predicted molar refractivity (Wildman–Crippen MR) is 85.0 cm³/mol. The number of ether oxygens (including phenoxy) is 1. The average Bonchev–Trinajstić information content (AvgIpc) is 2.46. The molecule has 0 aliphatic rings. The van der Waals surface area contributed by atoms with Gasteiger partial charge in [-0.1, -0.05) is 44.2 Å². The summed E-state index contributed by atoms with van der Waals surface area (Å²) in [5, 5.41) is 6.59. The lowest BCUT2D eigenvalue weighted by Crippen LogP contribution is -2.40. The highest BCUT2D eigenvalue weighted by molar-refractivity contribution is 5.79. The lowest BCUT2D eigenvalue weighted by molar-refractivity contribution is 0.106. The van der Waals surface area contributed by atoms with Crippen molar-refractivity contribution < 1.29 is 4.74 Å². The molecule has 0 radical (unpaired) electrons. The highest BCUT2D eigenvalue weighted by Gasteiger charge is 2.10.